The number of halogens is 1. The maximum absolute atomic E-state index is 12.1. The van der Waals surface area contributed by atoms with Crippen molar-refractivity contribution in [1.29, 1.82) is 0 Å². The summed E-state index contributed by atoms with van der Waals surface area (Å²) >= 11 is 3.35. The second kappa shape index (κ2) is 8.71. The molecule has 8 heteroatoms. The molecule has 7 nitrogen and oxygen atoms in total. The molecular formula is C15H22BrN3O4. The molecule has 1 rings (SSSR count). The molecule has 0 radical (unpaired) electrons. The largest absolute Gasteiger partial charge is 0.481 e. The summed E-state index contributed by atoms with van der Waals surface area (Å²) in [5.74, 6) is -0.290. The molecule has 1 amide bonds. The molecule has 0 aliphatic heterocycles. The van der Waals surface area contributed by atoms with Crippen molar-refractivity contribution in [1.82, 2.24) is 9.88 Å². The molecule has 0 atom stereocenters. The molecule has 0 aliphatic carbocycles. The van der Waals surface area contributed by atoms with Crippen molar-refractivity contribution >= 4 is 33.8 Å². The van der Waals surface area contributed by atoms with Crippen LogP contribution in [-0.2, 0) is 9.53 Å². The third-order valence-corrected chi connectivity index (χ3v) is 3.15. The number of pyridine rings is 1. The summed E-state index contributed by atoms with van der Waals surface area (Å²) < 4.78 is 6.19. The standard InChI is InChI=1S/C15H22BrN3O4/c1-15(2,3)23-14(22)19(8-5-13(20)21)9-7-18-12-10-11(16)4-6-17-12/h4,6,10H,5,7-9H2,1-3H3,(H,17,18)(H,20,21). The number of nitrogens with zero attached hydrogens (tertiary/aromatic N) is 2. The van der Waals surface area contributed by atoms with Crippen LogP contribution in [0.4, 0.5) is 10.6 Å². The van der Waals surface area contributed by atoms with Gasteiger partial charge in [0.2, 0.25) is 0 Å². The van der Waals surface area contributed by atoms with Crippen LogP contribution in [0.15, 0.2) is 22.8 Å². The van der Waals surface area contributed by atoms with Gasteiger partial charge < -0.3 is 20.1 Å². The number of carbonyl (C=O) groups is 2. The molecule has 23 heavy (non-hydrogen) atoms. The molecule has 2 N–H and O–H groups in total. The average Bonchev–Trinajstić information content (AvgIpc) is 2.40. The van der Waals surface area contributed by atoms with Crippen molar-refractivity contribution in [2.75, 3.05) is 25.0 Å². The summed E-state index contributed by atoms with van der Waals surface area (Å²) in [6.45, 7) is 6.15. The predicted molar refractivity (Wildman–Crippen MR) is 90.5 cm³/mol. The fourth-order valence-electron chi connectivity index (χ4n) is 1.67. The van der Waals surface area contributed by atoms with Gasteiger partial charge in [-0.1, -0.05) is 15.9 Å². The van der Waals surface area contributed by atoms with Gasteiger partial charge in [-0.3, -0.25) is 4.79 Å². The second-order valence-electron chi connectivity index (χ2n) is 5.90. The van der Waals surface area contributed by atoms with Crippen molar-refractivity contribution in [2.24, 2.45) is 0 Å². The van der Waals surface area contributed by atoms with E-state index < -0.39 is 17.7 Å². The van der Waals surface area contributed by atoms with Gasteiger partial charge in [-0.05, 0) is 32.9 Å². The molecular weight excluding hydrogens is 366 g/mol. The number of aliphatic carboxylic acids is 1. The van der Waals surface area contributed by atoms with E-state index in [0.717, 1.165) is 4.47 Å². The number of carbonyl (C=O) groups excluding carboxylic acids is 1. The maximum Gasteiger partial charge on any atom is 0.410 e. The molecule has 0 aliphatic rings. The zero-order valence-corrected chi connectivity index (χ0v) is 15.1. The van der Waals surface area contributed by atoms with Crippen LogP contribution in [-0.4, -0.2) is 52.3 Å². The summed E-state index contributed by atoms with van der Waals surface area (Å²) in [6.07, 6.45) is 0.999. The topological polar surface area (TPSA) is 91.8 Å². The number of carboxylic acids is 1. The number of aromatic nitrogens is 1. The lowest BCUT2D eigenvalue weighted by Gasteiger charge is -2.27. The van der Waals surface area contributed by atoms with E-state index in [1.807, 2.05) is 12.1 Å². The highest BCUT2D eigenvalue weighted by Gasteiger charge is 2.22. The molecule has 1 aromatic heterocycles. The summed E-state index contributed by atoms with van der Waals surface area (Å²) in [5, 5.41) is 11.9. The summed E-state index contributed by atoms with van der Waals surface area (Å²) in [4.78, 5) is 28.4. The lowest BCUT2D eigenvalue weighted by molar-refractivity contribution is -0.137. The van der Waals surface area contributed by atoms with Crippen molar-refractivity contribution in [3.8, 4) is 0 Å². The molecule has 0 spiro atoms. The Balaban J connectivity index is 2.57. The third kappa shape index (κ3) is 8.39. The maximum atomic E-state index is 12.1. The molecule has 1 aromatic rings. The number of carboxylic acid groups (broad SMARTS) is 1. The SMILES string of the molecule is CC(C)(C)OC(=O)N(CCNc1cc(Br)ccn1)CCC(=O)O. The fraction of sp³-hybridized carbons (Fsp3) is 0.533. The Morgan fingerprint density at radius 2 is 2.09 bits per heavy atom. The van der Waals surface area contributed by atoms with Crippen LogP contribution >= 0.6 is 15.9 Å². The Labute approximate surface area is 144 Å². The highest BCUT2D eigenvalue weighted by atomic mass is 79.9. The molecule has 0 fully saturated rings. The zero-order chi connectivity index (χ0) is 17.5. The van der Waals surface area contributed by atoms with E-state index in [1.54, 1.807) is 27.0 Å². The van der Waals surface area contributed by atoms with Gasteiger partial charge in [0.05, 0.1) is 6.42 Å². The number of ether oxygens (including phenoxy) is 1. The lowest BCUT2D eigenvalue weighted by atomic mass is 10.2. The first-order valence-corrected chi connectivity index (χ1v) is 8.02. The Kier molecular flexibility index (Phi) is 7.28. The van der Waals surface area contributed by atoms with Crippen LogP contribution in [0.3, 0.4) is 0 Å². The van der Waals surface area contributed by atoms with Crippen LogP contribution in [0.2, 0.25) is 0 Å². The van der Waals surface area contributed by atoms with Crippen LogP contribution in [0, 0.1) is 0 Å². The van der Waals surface area contributed by atoms with E-state index >= 15 is 0 Å². The third-order valence-electron chi connectivity index (χ3n) is 2.66. The first-order chi connectivity index (χ1) is 10.7. The summed E-state index contributed by atoms with van der Waals surface area (Å²) in [6, 6.07) is 3.63. The molecule has 1 heterocycles. The average molecular weight is 388 g/mol. The minimum absolute atomic E-state index is 0.0951. The predicted octanol–water partition coefficient (Wildman–Crippen LogP) is 2.97. The van der Waals surface area contributed by atoms with Gasteiger partial charge in [-0.25, -0.2) is 9.78 Å². The van der Waals surface area contributed by atoms with Crippen molar-refractivity contribution in [2.45, 2.75) is 32.8 Å². The van der Waals surface area contributed by atoms with Crippen molar-refractivity contribution < 1.29 is 19.4 Å². The van der Waals surface area contributed by atoms with E-state index in [2.05, 4.69) is 26.2 Å². The molecule has 0 saturated heterocycles. The molecule has 128 valence electrons. The zero-order valence-electron chi connectivity index (χ0n) is 13.5. The van der Waals surface area contributed by atoms with Crippen molar-refractivity contribution in [3.05, 3.63) is 22.8 Å². The Morgan fingerprint density at radius 1 is 1.39 bits per heavy atom. The number of nitrogens with one attached hydrogen (secondary N) is 1. The van der Waals surface area contributed by atoms with E-state index in [-0.39, 0.29) is 13.0 Å². The monoisotopic (exact) mass is 387 g/mol. The van der Waals surface area contributed by atoms with E-state index in [9.17, 15) is 9.59 Å². The minimum Gasteiger partial charge on any atom is -0.481 e. The Morgan fingerprint density at radius 3 is 2.65 bits per heavy atom. The second-order valence-corrected chi connectivity index (χ2v) is 6.81. The number of hydrogen-bond acceptors (Lipinski definition) is 5. The highest BCUT2D eigenvalue weighted by molar-refractivity contribution is 9.10. The number of amides is 1. The number of anilines is 1. The van der Waals surface area contributed by atoms with Crippen LogP contribution in [0.1, 0.15) is 27.2 Å². The molecule has 0 bridgehead atoms. The first kappa shape index (κ1) is 19.2. The highest BCUT2D eigenvalue weighted by Crippen LogP contribution is 2.13. The number of rotatable bonds is 7. The minimum atomic E-state index is -0.958. The van der Waals surface area contributed by atoms with Gasteiger partial charge in [0.15, 0.2) is 0 Å². The lowest BCUT2D eigenvalue weighted by Crippen LogP contribution is -2.40. The fourth-order valence-corrected chi connectivity index (χ4v) is 2.01. The van der Waals surface area contributed by atoms with Gasteiger partial charge in [-0.15, -0.1) is 0 Å². The quantitative estimate of drug-likeness (QED) is 0.746. The van der Waals surface area contributed by atoms with Gasteiger partial charge in [0.1, 0.15) is 11.4 Å². The van der Waals surface area contributed by atoms with Gasteiger partial charge in [0, 0.05) is 30.3 Å². The molecule has 0 unspecified atom stereocenters. The van der Waals surface area contributed by atoms with Crippen LogP contribution < -0.4 is 5.32 Å². The van der Waals surface area contributed by atoms with Gasteiger partial charge in [-0.2, -0.15) is 0 Å². The van der Waals surface area contributed by atoms with Crippen LogP contribution in [0.5, 0.6) is 0 Å². The summed E-state index contributed by atoms with van der Waals surface area (Å²) in [5.41, 5.74) is -0.627. The molecule has 0 saturated carbocycles. The van der Waals surface area contributed by atoms with Crippen molar-refractivity contribution in [3.63, 3.8) is 0 Å². The van der Waals surface area contributed by atoms with Crippen LogP contribution in [0.25, 0.3) is 0 Å². The Hall–Kier alpha value is -1.83. The normalized spacial score (nSPS) is 11.0. The number of hydrogen-bond donors (Lipinski definition) is 2. The molecule has 0 aromatic carbocycles. The van der Waals surface area contributed by atoms with Gasteiger partial charge in [0.25, 0.3) is 0 Å². The Bertz CT molecular complexity index is 546. The first-order valence-electron chi connectivity index (χ1n) is 7.22. The summed E-state index contributed by atoms with van der Waals surface area (Å²) in [7, 11) is 0. The van der Waals surface area contributed by atoms with Gasteiger partial charge >= 0.3 is 12.1 Å². The van der Waals surface area contributed by atoms with E-state index in [1.165, 1.54) is 4.90 Å². The van der Waals surface area contributed by atoms with E-state index in [0.29, 0.717) is 18.9 Å². The smallest absolute Gasteiger partial charge is 0.410 e. The van der Waals surface area contributed by atoms with E-state index in [4.69, 9.17) is 9.84 Å².